The van der Waals surface area contributed by atoms with Gasteiger partial charge < -0.3 is 15.2 Å². The molecule has 0 amide bonds. The van der Waals surface area contributed by atoms with E-state index in [1.165, 1.54) is 18.4 Å². The summed E-state index contributed by atoms with van der Waals surface area (Å²) in [6.07, 6.45) is 2.13. The summed E-state index contributed by atoms with van der Waals surface area (Å²) in [6, 6.07) is 5.03. The quantitative estimate of drug-likeness (QED) is 0.562. The van der Waals surface area contributed by atoms with Gasteiger partial charge in [0.1, 0.15) is 10.6 Å². The number of aromatic nitrogens is 1. The molecule has 1 aliphatic carbocycles. The lowest BCUT2D eigenvalue weighted by Gasteiger charge is -2.26. The highest BCUT2D eigenvalue weighted by Gasteiger charge is 2.27. The minimum atomic E-state index is -3.77. The van der Waals surface area contributed by atoms with Crippen LogP contribution in [-0.4, -0.2) is 44.3 Å². The van der Waals surface area contributed by atoms with Crippen LogP contribution in [0.3, 0.4) is 0 Å². The van der Waals surface area contributed by atoms with Crippen molar-refractivity contribution >= 4 is 26.5 Å². The molecule has 1 fully saturated rings. The predicted octanol–water partition coefficient (Wildman–Crippen LogP) is 3.78. The largest absolute Gasteiger partial charge is 0.495 e. The van der Waals surface area contributed by atoms with Crippen molar-refractivity contribution in [3.05, 3.63) is 23.9 Å². The number of nitrogens with zero attached hydrogens (tertiary/aromatic N) is 1. The van der Waals surface area contributed by atoms with E-state index in [1.54, 1.807) is 12.1 Å². The number of ether oxygens (including phenoxy) is 1. The van der Waals surface area contributed by atoms with E-state index in [0.717, 1.165) is 27.8 Å². The van der Waals surface area contributed by atoms with E-state index >= 15 is 0 Å². The maximum atomic E-state index is 13.1. The minimum Gasteiger partial charge on any atom is -0.495 e. The van der Waals surface area contributed by atoms with Crippen LogP contribution in [0, 0.1) is 12.8 Å². The van der Waals surface area contributed by atoms with Gasteiger partial charge in [-0.25, -0.2) is 18.1 Å². The first-order valence-corrected chi connectivity index (χ1v) is 12.6. The number of benzene rings is 1. The van der Waals surface area contributed by atoms with E-state index in [0.29, 0.717) is 37.4 Å². The van der Waals surface area contributed by atoms with Gasteiger partial charge in [-0.1, -0.05) is 25.2 Å². The highest BCUT2D eigenvalue weighted by Crippen LogP contribution is 2.36. The van der Waals surface area contributed by atoms with E-state index < -0.39 is 10.0 Å². The molecule has 3 N–H and O–H groups in total. The van der Waals surface area contributed by atoms with Crippen LogP contribution in [0.1, 0.15) is 45.2 Å². The topological polar surface area (TPSA) is 101 Å². The fourth-order valence-corrected chi connectivity index (χ4v) is 6.01. The van der Waals surface area contributed by atoms with Crippen LogP contribution in [0.15, 0.2) is 23.1 Å². The van der Waals surface area contributed by atoms with Crippen molar-refractivity contribution in [2.24, 2.45) is 5.92 Å². The van der Waals surface area contributed by atoms with Crippen LogP contribution >= 0.6 is 11.3 Å². The lowest BCUT2D eigenvalue weighted by molar-refractivity contribution is 0.120. The van der Waals surface area contributed by atoms with Gasteiger partial charge >= 0.3 is 0 Å². The van der Waals surface area contributed by atoms with Crippen molar-refractivity contribution in [3.63, 3.8) is 0 Å². The number of sulfonamides is 1. The SMILES string of the molecule is COc1ccc(-c2sc(NCC(C)C)nc2C)cc1S(=O)(=O)N[C@H]1CC[C@H](O)CC1. The summed E-state index contributed by atoms with van der Waals surface area (Å²) in [5.41, 5.74) is 1.65. The third kappa shape index (κ3) is 5.51. The number of aliphatic hydroxyl groups excluding tert-OH is 1. The number of rotatable bonds is 8. The Labute approximate surface area is 182 Å². The first kappa shape index (κ1) is 23.0. The molecule has 30 heavy (non-hydrogen) atoms. The number of hydrogen-bond acceptors (Lipinski definition) is 7. The number of anilines is 1. The van der Waals surface area contributed by atoms with Crippen molar-refractivity contribution in [1.82, 2.24) is 9.71 Å². The molecule has 9 heteroatoms. The zero-order valence-electron chi connectivity index (χ0n) is 17.9. The molecule has 0 saturated heterocycles. The molecule has 1 saturated carbocycles. The summed E-state index contributed by atoms with van der Waals surface area (Å²) in [7, 11) is -2.30. The number of methoxy groups -OCH3 is 1. The zero-order valence-corrected chi connectivity index (χ0v) is 19.6. The van der Waals surface area contributed by atoms with Crippen molar-refractivity contribution < 1.29 is 18.3 Å². The molecule has 2 aromatic rings. The molecule has 0 atom stereocenters. The fourth-order valence-electron chi connectivity index (χ4n) is 3.54. The van der Waals surface area contributed by atoms with Crippen LogP contribution in [0.25, 0.3) is 10.4 Å². The Bertz CT molecular complexity index is 965. The van der Waals surface area contributed by atoms with Crippen molar-refractivity contribution in [1.29, 1.82) is 0 Å². The van der Waals surface area contributed by atoms with Gasteiger partial charge in [0.05, 0.1) is 23.8 Å². The Kier molecular flexibility index (Phi) is 7.38. The maximum Gasteiger partial charge on any atom is 0.244 e. The van der Waals surface area contributed by atoms with Crippen LogP contribution in [0.5, 0.6) is 5.75 Å². The van der Waals surface area contributed by atoms with E-state index in [1.807, 2.05) is 13.0 Å². The third-order valence-electron chi connectivity index (χ3n) is 5.19. The molecule has 0 spiro atoms. The molecular formula is C21H31N3O4S2. The molecule has 0 radical (unpaired) electrons. The molecule has 1 aromatic carbocycles. The van der Waals surface area contributed by atoms with Gasteiger partial charge in [-0.05, 0) is 62.3 Å². The van der Waals surface area contributed by atoms with Gasteiger partial charge in [-0.15, -0.1) is 0 Å². The monoisotopic (exact) mass is 453 g/mol. The molecule has 166 valence electrons. The van der Waals surface area contributed by atoms with Gasteiger partial charge in [-0.2, -0.15) is 0 Å². The Hall–Kier alpha value is -1.68. The van der Waals surface area contributed by atoms with Gasteiger partial charge in [0.15, 0.2) is 5.13 Å². The van der Waals surface area contributed by atoms with E-state index in [4.69, 9.17) is 4.74 Å². The summed E-state index contributed by atoms with van der Waals surface area (Å²) in [5, 5.41) is 13.8. The second kappa shape index (κ2) is 9.64. The van der Waals surface area contributed by atoms with E-state index in [9.17, 15) is 13.5 Å². The number of thiazole rings is 1. The van der Waals surface area contributed by atoms with Crippen molar-refractivity contribution in [2.45, 2.75) is 63.5 Å². The molecule has 1 heterocycles. The number of aryl methyl sites for hydroxylation is 1. The second-order valence-corrected chi connectivity index (χ2v) is 10.9. The van der Waals surface area contributed by atoms with Crippen LogP contribution < -0.4 is 14.8 Å². The Morgan fingerprint density at radius 2 is 1.97 bits per heavy atom. The smallest absolute Gasteiger partial charge is 0.244 e. The highest BCUT2D eigenvalue weighted by molar-refractivity contribution is 7.89. The fraction of sp³-hybridized carbons (Fsp3) is 0.571. The first-order valence-electron chi connectivity index (χ1n) is 10.3. The number of aliphatic hydroxyl groups is 1. The lowest BCUT2D eigenvalue weighted by atomic mass is 9.94. The summed E-state index contributed by atoms with van der Waals surface area (Å²) >= 11 is 1.52. The molecule has 1 aromatic heterocycles. The van der Waals surface area contributed by atoms with E-state index in [2.05, 4.69) is 28.9 Å². The third-order valence-corrected chi connectivity index (χ3v) is 7.90. The predicted molar refractivity (Wildman–Crippen MR) is 121 cm³/mol. The van der Waals surface area contributed by atoms with Crippen LogP contribution in [0.4, 0.5) is 5.13 Å². The zero-order chi connectivity index (χ0) is 21.9. The summed E-state index contributed by atoms with van der Waals surface area (Å²) in [6.45, 7) is 7.02. The average Bonchev–Trinajstić information content (AvgIpc) is 3.08. The van der Waals surface area contributed by atoms with Crippen molar-refractivity contribution in [3.8, 4) is 16.2 Å². The van der Waals surface area contributed by atoms with Gasteiger partial charge in [0, 0.05) is 12.6 Å². The van der Waals surface area contributed by atoms with Gasteiger partial charge in [0.2, 0.25) is 10.0 Å². The van der Waals surface area contributed by atoms with E-state index in [-0.39, 0.29) is 17.0 Å². The Balaban J connectivity index is 1.88. The summed E-state index contributed by atoms with van der Waals surface area (Å²) in [4.78, 5) is 5.64. The Morgan fingerprint density at radius 3 is 2.60 bits per heavy atom. The normalized spacial score (nSPS) is 19.8. The number of hydrogen-bond donors (Lipinski definition) is 3. The molecule has 1 aliphatic rings. The van der Waals surface area contributed by atoms with Crippen LogP contribution in [0.2, 0.25) is 0 Å². The summed E-state index contributed by atoms with van der Waals surface area (Å²) < 4.78 is 34.4. The average molecular weight is 454 g/mol. The molecule has 3 rings (SSSR count). The lowest BCUT2D eigenvalue weighted by Crippen LogP contribution is -2.38. The first-order chi connectivity index (χ1) is 14.2. The Morgan fingerprint density at radius 1 is 1.27 bits per heavy atom. The molecule has 0 aliphatic heterocycles. The minimum absolute atomic E-state index is 0.123. The van der Waals surface area contributed by atoms with Gasteiger partial charge in [0.25, 0.3) is 0 Å². The molecular weight excluding hydrogens is 422 g/mol. The van der Waals surface area contributed by atoms with Crippen LogP contribution in [-0.2, 0) is 10.0 Å². The molecule has 0 bridgehead atoms. The molecule has 0 unspecified atom stereocenters. The number of nitrogens with one attached hydrogen (secondary N) is 2. The second-order valence-electron chi connectivity index (χ2n) is 8.20. The highest BCUT2D eigenvalue weighted by atomic mass is 32.2. The standard InChI is InChI=1S/C21H31N3O4S2/c1-13(2)12-22-21-23-14(3)20(29-21)15-5-10-18(28-4)19(11-15)30(26,27)24-16-6-8-17(25)9-7-16/h5,10-11,13,16-17,24-25H,6-9,12H2,1-4H3,(H,22,23)/t16-,17-. The van der Waals surface area contributed by atoms with Gasteiger partial charge in [-0.3, -0.25) is 0 Å². The maximum absolute atomic E-state index is 13.1. The molecule has 7 nitrogen and oxygen atoms in total. The summed E-state index contributed by atoms with van der Waals surface area (Å²) in [5.74, 6) is 0.810. The van der Waals surface area contributed by atoms with Crippen molar-refractivity contribution in [2.75, 3.05) is 19.0 Å².